The number of hydrogen-bond acceptors (Lipinski definition) is 4. The lowest BCUT2D eigenvalue weighted by Gasteiger charge is -2.27. The highest BCUT2D eigenvalue weighted by atomic mass is 35.6. The first-order valence-electron chi connectivity index (χ1n) is 8.81. The third-order valence-corrected chi connectivity index (χ3v) is 4.63. The summed E-state index contributed by atoms with van der Waals surface area (Å²) < 4.78 is -1.83. The van der Waals surface area contributed by atoms with Crippen molar-refractivity contribution in [1.82, 2.24) is 10.6 Å². The van der Waals surface area contributed by atoms with Crippen molar-refractivity contribution in [3.05, 3.63) is 34.4 Å². The van der Waals surface area contributed by atoms with E-state index >= 15 is 0 Å². The minimum absolute atomic E-state index is 0.0465. The van der Waals surface area contributed by atoms with Gasteiger partial charge in [0.15, 0.2) is 5.11 Å². The van der Waals surface area contributed by atoms with Gasteiger partial charge >= 0.3 is 0 Å². The summed E-state index contributed by atoms with van der Waals surface area (Å²) in [7, 11) is 0. The van der Waals surface area contributed by atoms with E-state index in [0.717, 1.165) is 32.1 Å². The van der Waals surface area contributed by atoms with Gasteiger partial charge in [-0.2, -0.15) is 0 Å². The second-order valence-corrected chi connectivity index (χ2v) is 8.89. The molecule has 0 aliphatic heterocycles. The molecular weight excluding hydrogens is 447 g/mol. The van der Waals surface area contributed by atoms with Gasteiger partial charge < -0.3 is 16.0 Å². The minimum atomic E-state index is -1.83. The molecule has 1 amide bonds. The van der Waals surface area contributed by atoms with Gasteiger partial charge in [0.1, 0.15) is 6.17 Å². The van der Waals surface area contributed by atoms with Crippen LogP contribution in [0.3, 0.4) is 0 Å². The lowest BCUT2D eigenvalue weighted by Crippen LogP contribution is -2.56. The smallest absolute Gasteiger partial charge is 0.269 e. The highest BCUT2D eigenvalue weighted by Crippen LogP contribution is 2.29. The second-order valence-electron chi connectivity index (χ2n) is 6.11. The molecule has 0 radical (unpaired) electrons. The van der Waals surface area contributed by atoms with E-state index in [1.807, 2.05) is 0 Å². The van der Waals surface area contributed by atoms with Crippen molar-refractivity contribution in [2.45, 2.75) is 55.4 Å². The number of rotatable bonds is 10. The lowest BCUT2D eigenvalue weighted by atomic mass is 10.1. The van der Waals surface area contributed by atoms with Crippen LogP contribution in [0.25, 0.3) is 0 Å². The van der Waals surface area contributed by atoms with Gasteiger partial charge in [-0.1, -0.05) is 67.4 Å². The third-order valence-electron chi connectivity index (χ3n) is 3.75. The summed E-state index contributed by atoms with van der Waals surface area (Å²) in [5.74, 6) is -0.251. The molecule has 0 aliphatic rings. The molecule has 0 aromatic heterocycles. The normalized spacial score (nSPS) is 12.1. The van der Waals surface area contributed by atoms with Gasteiger partial charge in [-0.05, 0) is 30.8 Å². The van der Waals surface area contributed by atoms with Gasteiger partial charge in [-0.3, -0.25) is 14.9 Å². The summed E-state index contributed by atoms with van der Waals surface area (Å²) in [5.41, 5.74) is 0.461. The molecule has 3 N–H and O–H groups in total. The maximum Gasteiger partial charge on any atom is 0.269 e. The van der Waals surface area contributed by atoms with Crippen molar-refractivity contribution in [2.24, 2.45) is 0 Å². The number of carbonyl (C=O) groups is 1. The number of amides is 1. The fourth-order valence-corrected chi connectivity index (χ4v) is 2.85. The molecule has 0 spiro atoms. The van der Waals surface area contributed by atoms with Crippen LogP contribution in [-0.2, 0) is 4.79 Å². The molecule has 1 rings (SSSR count). The number of alkyl halides is 3. The molecule has 0 saturated heterocycles. The number of anilines is 1. The summed E-state index contributed by atoms with van der Waals surface area (Å²) in [4.78, 5) is 22.3. The Hall–Kier alpha value is -1.35. The van der Waals surface area contributed by atoms with Crippen molar-refractivity contribution in [1.29, 1.82) is 0 Å². The molecule has 0 fully saturated rings. The highest BCUT2D eigenvalue weighted by Gasteiger charge is 2.34. The summed E-state index contributed by atoms with van der Waals surface area (Å²) in [6, 6.07) is 5.64. The van der Waals surface area contributed by atoms with Crippen molar-refractivity contribution in [3.8, 4) is 0 Å². The predicted octanol–water partition coefficient (Wildman–Crippen LogP) is 5.05. The number of nitrogens with zero attached hydrogens (tertiary/aromatic N) is 1. The Labute approximate surface area is 184 Å². The Bertz CT molecular complexity index is 669. The van der Waals surface area contributed by atoms with E-state index in [2.05, 4.69) is 22.9 Å². The van der Waals surface area contributed by atoms with E-state index < -0.39 is 14.9 Å². The highest BCUT2D eigenvalue weighted by molar-refractivity contribution is 7.80. The molecule has 1 atom stereocenters. The van der Waals surface area contributed by atoms with E-state index in [4.69, 9.17) is 47.0 Å². The van der Waals surface area contributed by atoms with Crippen molar-refractivity contribution < 1.29 is 9.72 Å². The molecule has 7 nitrogen and oxygen atoms in total. The lowest BCUT2D eigenvalue weighted by molar-refractivity contribution is -0.384. The van der Waals surface area contributed by atoms with Gasteiger partial charge in [0.05, 0.1) is 4.92 Å². The number of nitrogens with one attached hydrogen (secondary N) is 3. The maximum atomic E-state index is 12.1. The molecule has 0 bridgehead atoms. The largest absolute Gasteiger partial charge is 0.339 e. The zero-order chi connectivity index (χ0) is 21.2. The monoisotopic (exact) mass is 468 g/mol. The zero-order valence-corrected chi connectivity index (χ0v) is 18.4. The quantitative estimate of drug-likeness (QED) is 0.111. The van der Waals surface area contributed by atoms with Gasteiger partial charge in [0.2, 0.25) is 9.70 Å². The van der Waals surface area contributed by atoms with Crippen molar-refractivity contribution >= 4 is 69.4 Å². The predicted molar refractivity (Wildman–Crippen MR) is 118 cm³/mol. The van der Waals surface area contributed by atoms with Crippen LogP contribution in [0.2, 0.25) is 0 Å². The molecule has 28 heavy (non-hydrogen) atoms. The van der Waals surface area contributed by atoms with Gasteiger partial charge in [0, 0.05) is 24.2 Å². The van der Waals surface area contributed by atoms with Gasteiger partial charge in [0.25, 0.3) is 5.69 Å². The Morgan fingerprint density at radius 1 is 1.14 bits per heavy atom. The minimum Gasteiger partial charge on any atom is -0.339 e. The van der Waals surface area contributed by atoms with E-state index in [1.165, 1.54) is 24.3 Å². The van der Waals surface area contributed by atoms with Crippen LogP contribution in [0.5, 0.6) is 0 Å². The second kappa shape index (κ2) is 12.3. The summed E-state index contributed by atoms with van der Waals surface area (Å²) in [5, 5.41) is 19.0. The number of nitro benzene ring substituents is 1. The number of unbranched alkanes of at least 4 members (excludes halogenated alkanes) is 4. The first-order valence-corrected chi connectivity index (χ1v) is 10.4. The average molecular weight is 470 g/mol. The molecule has 1 aromatic rings. The van der Waals surface area contributed by atoms with E-state index in [1.54, 1.807) is 0 Å². The van der Waals surface area contributed by atoms with Crippen molar-refractivity contribution in [3.63, 3.8) is 0 Å². The van der Waals surface area contributed by atoms with Crippen molar-refractivity contribution in [2.75, 3.05) is 5.32 Å². The Kier molecular flexibility index (Phi) is 10.8. The SMILES string of the molecule is CCCCCCCC(=O)N[C@@H](NC(=S)Nc1ccc([N+](=O)[O-])cc1)C(Cl)(Cl)Cl. The standard InChI is InChI=1S/C17H23Cl3N4O3S/c1-2-3-4-5-6-7-14(25)22-15(17(18,19)20)23-16(28)21-12-8-10-13(11-9-12)24(26)27/h8-11,15H,2-7H2,1H3,(H,22,25)(H2,21,23,28)/t15-/m0/s1. The molecular formula is C17H23Cl3N4O3S. The van der Waals surface area contributed by atoms with Crippen LogP contribution >= 0.6 is 47.0 Å². The number of thiocarbonyl (C=S) groups is 1. The molecule has 1 aromatic carbocycles. The summed E-state index contributed by atoms with van der Waals surface area (Å²) in [6.07, 6.45) is 4.35. The van der Waals surface area contributed by atoms with Crippen LogP contribution in [0.4, 0.5) is 11.4 Å². The fraction of sp³-hybridized carbons (Fsp3) is 0.529. The first kappa shape index (κ1) is 24.7. The Balaban J connectivity index is 2.57. The summed E-state index contributed by atoms with van der Waals surface area (Å²) >= 11 is 23.0. The van der Waals surface area contributed by atoms with Gasteiger partial charge in [-0.25, -0.2) is 0 Å². The zero-order valence-electron chi connectivity index (χ0n) is 15.3. The average Bonchev–Trinajstić information content (AvgIpc) is 2.60. The van der Waals surface area contributed by atoms with Crippen LogP contribution in [0.1, 0.15) is 45.4 Å². The molecule has 0 heterocycles. The van der Waals surface area contributed by atoms with Crippen LogP contribution in [-0.4, -0.2) is 25.9 Å². The summed E-state index contributed by atoms with van der Waals surface area (Å²) in [6.45, 7) is 2.12. The molecule has 0 aliphatic carbocycles. The molecule has 156 valence electrons. The number of carbonyl (C=O) groups excluding carboxylic acids is 1. The Morgan fingerprint density at radius 2 is 1.75 bits per heavy atom. The van der Waals surface area contributed by atoms with E-state index in [9.17, 15) is 14.9 Å². The van der Waals surface area contributed by atoms with Gasteiger partial charge in [-0.15, -0.1) is 0 Å². The molecule has 11 heteroatoms. The van der Waals surface area contributed by atoms with E-state index in [0.29, 0.717) is 12.1 Å². The van der Waals surface area contributed by atoms with Crippen LogP contribution in [0, 0.1) is 10.1 Å². The number of non-ortho nitro benzene ring substituents is 1. The first-order chi connectivity index (χ1) is 13.1. The topological polar surface area (TPSA) is 96.3 Å². The number of halogens is 3. The van der Waals surface area contributed by atoms with E-state index in [-0.39, 0.29) is 16.7 Å². The molecule has 0 saturated carbocycles. The molecule has 0 unspecified atom stereocenters. The number of nitro groups is 1. The Morgan fingerprint density at radius 3 is 2.29 bits per heavy atom. The number of benzene rings is 1. The number of hydrogen-bond donors (Lipinski definition) is 3. The maximum absolute atomic E-state index is 12.1. The van der Waals surface area contributed by atoms with Crippen LogP contribution in [0.15, 0.2) is 24.3 Å². The van der Waals surface area contributed by atoms with Crippen LogP contribution < -0.4 is 16.0 Å². The fourth-order valence-electron chi connectivity index (χ4n) is 2.29. The third kappa shape index (κ3) is 9.73.